The third-order valence-corrected chi connectivity index (χ3v) is 3.55. The fraction of sp³-hybridized carbons (Fsp3) is 0.500. The van der Waals surface area contributed by atoms with E-state index in [1.54, 1.807) is 6.92 Å². The van der Waals surface area contributed by atoms with Crippen molar-refractivity contribution in [1.82, 2.24) is 4.90 Å². The summed E-state index contributed by atoms with van der Waals surface area (Å²) in [6, 6.07) is 9.93. The molecule has 0 bridgehead atoms. The van der Waals surface area contributed by atoms with Gasteiger partial charge in [0.1, 0.15) is 0 Å². The fourth-order valence-electron chi connectivity index (χ4n) is 2.63. The SMILES string of the molecule is C[C-](C(c1ccccc1)N1CCCCC1)[N+](=O)[O-]. The van der Waals surface area contributed by atoms with E-state index in [0.717, 1.165) is 31.5 Å². The standard InChI is InChI=1S/C14H19N2O2/c1-12(16(17)18)14(13-8-4-2-5-9-13)15-10-6-3-7-11-15/h2,4-5,8-9,14H,3,6-7,10-11H2,1H3/q-1. The maximum atomic E-state index is 11.1. The van der Waals surface area contributed by atoms with Gasteiger partial charge in [0.2, 0.25) is 0 Å². The molecule has 1 aromatic rings. The van der Waals surface area contributed by atoms with Crippen molar-refractivity contribution >= 4 is 0 Å². The molecule has 0 radical (unpaired) electrons. The van der Waals surface area contributed by atoms with Crippen LogP contribution in [0.25, 0.3) is 0 Å². The largest absolute Gasteiger partial charge is 0.317 e. The highest BCUT2D eigenvalue weighted by Gasteiger charge is 2.24. The normalized spacial score (nSPS) is 18.3. The molecular weight excluding hydrogens is 228 g/mol. The van der Waals surface area contributed by atoms with E-state index in [-0.39, 0.29) is 11.0 Å². The highest BCUT2D eigenvalue weighted by Crippen LogP contribution is 2.32. The minimum atomic E-state index is -0.244. The van der Waals surface area contributed by atoms with Crippen LogP contribution in [-0.4, -0.2) is 22.9 Å². The van der Waals surface area contributed by atoms with E-state index in [1.165, 1.54) is 6.42 Å². The second kappa shape index (κ2) is 5.87. The first kappa shape index (κ1) is 12.9. The zero-order valence-electron chi connectivity index (χ0n) is 10.7. The Morgan fingerprint density at radius 2 is 1.83 bits per heavy atom. The molecule has 0 N–H and O–H groups in total. The summed E-state index contributed by atoms with van der Waals surface area (Å²) in [5, 5.41) is 11.1. The van der Waals surface area contributed by atoms with Crippen molar-refractivity contribution in [2.45, 2.75) is 32.2 Å². The van der Waals surface area contributed by atoms with Gasteiger partial charge in [-0.3, -0.25) is 10.1 Å². The van der Waals surface area contributed by atoms with Crippen LogP contribution in [0.5, 0.6) is 0 Å². The van der Waals surface area contributed by atoms with Crippen molar-refractivity contribution < 1.29 is 4.92 Å². The van der Waals surface area contributed by atoms with Gasteiger partial charge < -0.3 is 4.90 Å². The highest BCUT2D eigenvalue weighted by atomic mass is 16.6. The highest BCUT2D eigenvalue weighted by molar-refractivity contribution is 5.23. The summed E-state index contributed by atoms with van der Waals surface area (Å²) in [6.07, 6.45) is 3.50. The first-order valence-corrected chi connectivity index (χ1v) is 6.47. The van der Waals surface area contributed by atoms with E-state index < -0.39 is 0 Å². The summed E-state index contributed by atoms with van der Waals surface area (Å²) in [4.78, 5) is 13.1. The zero-order chi connectivity index (χ0) is 13.0. The number of benzene rings is 1. The molecule has 4 nitrogen and oxygen atoms in total. The van der Waals surface area contributed by atoms with Crippen molar-refractivity contribution in [3.63, 3.8) is 0 Å². The minimum absolute atomic E-state index is 0.179. The number of nitrogens with zero attached hydrogens (tertiary/aromatic N) is 2. The van der Waals surface area contributed by atoms with Crippen LogP contribution in [0.4, 0.5) is 0 Å². The average molecular weight is 247 g/mol. The van der Waals surface area contributed by atoms with Gasteiger partial charge in [0.05, 0.1) is 0 Å². The monoisotopic (exact) mass is 247 g/mol. The van der Waals surface area contributed by atoms with Gasteiger partial charge in [-0.2, -0.15) is 0 Å². The Kier molecular flexibility index (Phi) is 4.20. The lowest BCUT2D eigenvalue weighted by atomic mass is 9.96. The van der Waals surface area contributed by atoms with E-state index in [4.69, 9.17) is 0 Å². The molecule has 1 heterocycles. The van der Waals surface area contributed by atoms with Gasteiger partial charge in [-0.05, 0) is 38.0 Å². The summed E-state index contributed by atoms with van der Waals surface area (Å²) in [5.41, 5.74) is 1.02. The third-order valence-electron chi connectivity index (χ3n) is 3.55. The van der Waals surface area contributed by atoms with Crippen LogP contribution in [0, 0.1) is 16.2 Å². The topological polar surface area (TPSA) is 46.4 Å². The van der Waals surface area contributed by atoms with Crippen molar-refractivity contribution in [2.24, 2.45) is 0 Å². The molecule has 0 amide bonds. The first-order valence-electron chi connectivity index (χ1n) is 6.47. The molecule has 1 unspecified atom stereocenters. The molecule has 0 spiro atoms. The maximum absolute atomic E-state index is 11.1. The summed E-state index contributed by atoms with van der Waals surface area (Å²) >= 11 is 0. The Labute approximate surface area is 108 Å². The van der Waals surface area contributed by atoms with Crippen LogP contribution in [-0.2, 0) is 0 Å². The van der Waals surface area contributed by atoms with E-state index in [9.17, 15) is 10.1 Å². The van der Waals surface area contributed by atoms with Crippen LogP contribution >= 0.6 is 0 Å². The molecule has 18 heavy (non-hydrogen) atoms. The first-order chi connectivity index (χ1) is 8.70. The van der Waals surface area contributed by atoms with Gasteiger partial charge in [-0.25, -0.2) is 0 Å². The smallest absolute Gasteiger partial charge is 0.00364 e. The lowest BCUT2D eigenvalue weighted by Gasteiger charge is -2.41. The van der Waals surface area contributed by atoms with E-state index >= 15 is 0 Å². The second-order valence-electron chi connectivity index (χ2n) is 4.81. The van der Waals surface area contributed by atoms with Crippen molar-refractivity contribution in [3.05, 3.63) is 52.1 Å². The number of nitro groups is 1. The van der Waals surface area contributed by atoms with Gasteiger partial charge in [-0.15, -0.1) is 11.8 Å². The van der Waals surface area contributed by atoms with E-state index in [2.05, 4.69) is 4.90 Å². The van der Waals surface area contributed by atoms with Crippen molar-refractivity contribution in [2.75, 3.05) is 13.1 Å². The lowest BCUT2D eigenvalue weighted by molar-refractivity contribution is -0.473. The molecule has 0 aromatic heterocycles. The van der Waals surface area contributed by atoms with Gasteiger partial charge >= 0.3 is 0 Å². The Morgan fingerprint density at radius 3 is 2.39 bits per heavy atom. The number of rotatable bonds is 4. The molecule has 2 rings (SSSR count). The molecule has 1 aliphatic rings. The van der Waals surface area contributed by atoms with E-state index in [1.807, 2.05) is 30.3 Å². The van der Waals surface area contributed by atoms with Gasteiger partial charge in [0, 0.05) is 0 Å². The van der Waals surface area contributed by atoms with Crippen LogP contribution < -0.4 is 0 Å². The number of hydrogen-bond acceptors (Lipinski definition) is 3. The van der Waals surface area contributed by atoms with Crippen LogP contribution in [0.3, 0.4) is 0 Å². The molecule has 1 aliphatic heterocycles. The Balaban J connectivity index is 2.25. The lowest BCUT2D eigenvalue weighted by Crippen LogP contribution is -2.38. The predicted molar refractivity (Wildman–Crippen MR) is 70.5 cm³/mol. The van der Waals surface area contributed by atoms with Crippen molar-refractivity contribution in [1.29, 1.82) is 0 Å². The number of piperidine rings is 1. The molecule has 4 heteroatoms. The maximum Gasteiger partial charge on any atom is -0.00364 e. The molecule has 0 saturated carbocycles. The van der Waals surface area contributed by atoms with Gasteiger partial charge in [-0.1, -0.05) is 42.3 Å². The molecule has 1 saturated heterocycles. The minimum Gasteiger partial charge on any atom is -0.317 e. The predicted octanol–water partition coefficient (Wildman–Crippen LogP) is 3.04. The molecule has 0 aliphatic carbocycles. The zero-order valence-corrected chi connectivity index (χ0v) is 10.7. The second-order valence-corrected chi connectivity index (χ2v) is 4.81. The average Bonchev–Trinajstić information content (AvgIpc) is 2.41. The molecule has 98 valence electrons. The van der Waals surface area contributed by atoms with Crippen LogP contribution in [0.1, 0.15) is 37.8 Å². The summed E-state index contributed by atoms with van der Waals surface area (Å²) < 4.78 is 0. The molecular formula is C14H19N2O2-. The fourth-order valence-corrected chi connectivity index (χ4v) is 2.63. The van der Waals surface area contributed by atoms with Crippen LogP contribution in [0.15, 0.2) is 30.3 Å². The summed E-state index contributed by atoms with van der Waals surface area (Å²) in [6.45, 7) is 3.53. The summed E-state index contributed by atoms with van der Waals surface area (Å²) in [7, 11) is 0. The molecule has 1 aromatic carbocycles. The van der Waals surface area contributed by atoms with E-state index in [0.29, 0.717) is 6.04 Å². The summed E-state index contributed by atoms with van der Waals surface area (Å²) in [5.74, 6) is 0. The van der Waals surface area contributed by atoms with Crippen molar-refractivity contribution in [3.8, 4) is 0 Å². The molecule has 1 atom stereocenters. The Morgan fingerprint density at radius 1 is 1.22 bits per heavy atom. The quantitative estimate of drug-likeness (QED) is 0.466. The number of likely N-dealkylation sites (tertiary alicyclic amines) is 1. The van der Waals surface area contributed by atoms with Gasteiger partial charge in [0.25, 0.3) is 0 Å². The Hall–Kier alpha value is -1.55. The molecule has 1 fully saturated rings. The van der Waals surface area contributed by atoms with Gasteiger partial charge in [0.15, 0.2) is 0 Å². The Bertz CT molecular complexity index is 388. The van der Waals surface area contributed by atoms with Crippen LogP contribution in [0.2, 0.25) is 0 Å². The number of hydrogen-bond donors (Lipinski definition) is 0. The third kappa shape index (κ3) is 2.82.